The van der Waals surface area contributed by atoms with Gasteiger partial charge in [0.25, 0.3) is 0 Å². The van der Waals surface area contributed by atoms with Crippen molar-refractivity contribution in [2.45, 2.75) is 38.6 Å². The van der Waals surface area contributed by atoms with Crippen LogP contribution in [-0.4, -0.2) is 9.55 Å². The van der Waals surface area contributed by atoms with Crippen LogP contribution in [0.2, 0.25) is 0 Å². The maximum Gasteiger partial charge on any atom is 0.132 e. The SMILES string of the molecule is C#CCn1c(CC)nc(-c2ccccc2C2CC2)c1N. The summed E-state index contributed by atoms with van der Waals surface area (Å²) in [6.07, 6.45) is 8.80. The molecular weight excluding hydrogens is 246 g/mol. The lowest BCUT2D eigenvalue weighted by atomic mass is 10.0. The average molecular weight is 265 g/mol. The summed E-state index contributed by atoms with van der Waals surface area (Å²) in [5.41, 5.74) is 9.71. The number of hydrogen-bond donors (Lipinski definition) is 1. The molecule has 1 aliphatic carbocycles. The fourth-order valence-corrected chi connectivity index (χ4v) is 2.71. The van der Waals surface area contributed by atoms with Gasteiger partial charge >= 0.3 is 0 Å². The van der Waals surface area contributed by atoms with Crippen molar-refractivity contribution in [3.05, 3.63) is 35.7 Å². The van der Waals surface area contributed by atoms with Crippen LogP contribution in [0.3, 0.4) is 0 Å². The molecule has 1 saturated carbocycles. The highest BCUT2D eigenvalue weighted by atomic mass is 15.1. The normalized spacial score (nSPS) is 14.2. The lowest BCUT2D eigenvalue weighted by Crippen LogP contribution is -2.05. The third kappa shape index (κ3) is 2.08. The summed E-state index contributed by atoms with van der Waals surface area (Å²) in [6, 6.07) is 8.45. The van der Waals surface area contributed by atoms with Crippen molar-refractivity contribution in [3.8, 4) is 23.6 Å². The average Bonchev–Trinajstić information content (AvgIpc) is 3.27. The number of rotatable bonds is 4. The van der Waals surface area contributed by atoms with Crippen LogP contribution in [0.25, 0.3) is 11.3 Å². The summed E-state index contributed by atoms with van der Waals surface area (Å²) >= 11 is 0. The summed E-state index contributed by atoms with van der Waals surface area (Å²) in [5.74, 6) is 4.98. The van der Waals surface area contributed by atoms with E-state index < -0.39 is 0 Å². The molecule has 0 unspecified atom stereocenters. The Hall–Kier alpha value is -2.21. The second-order valence-corrected chi connectivity index (χ2v) is 5.27. The minimum atomic E-state index is 0.480. The summed E-state index contributed by atoms with van der Waals surface area (Å²) in [4.78, 5) is 4.73. The van der Waals surface area contributed by atoms with Crippen molar-refractivity contribution >= 4 is 5.82 Å². The van der Waals surface area contributed by atoms with Crippen molar-refractivity contribution in [1.82, 2.24) is 9.55 Å². The molecule has 1 heterocycles. The predicted octanol–water partition coefficient (Wildman–Crippen LogP) is 3.21. The highest BCUT2D eigenvalue weighted by Gasteiger charge is 2.27. The number of terminal acetylenes is 1. The van der Waals surface area contributed by atoms with Crippen LogP contribution in [-0.2, 0) is 13.0 Å². The van der Waals surface area contributed by atoms with E-state index in [-0.39, 0.29) is 0 Å². The molecule has 2 N–H and O–H groups in total. The molecule has 3 heteroatoms. The van der Waals surface area contributed by atoms with Gasteiger partial charge in [0.05, 0.1) is 6.54 Å². The fourth-order valence-electron chi connectivity index (χ4n) is 2.71. The van der Waals surface area contributed by atoms with Crippen molar-refractivity contribution in [2.24, 2.45) is 0 Å². The van der Waals surface area contributed by atoms with Gasteiger partial charge in [-0.2, -0.15) is 0 Å². The molecule has 1 aromatic heterocycles. The molecule has 102 valence electrons. The largest absolute Gasteiger partial charge is 0.383 e. The van der Waals surface area contributed by atoms with E-state index in [4.69, 9.17) is 17.1 Å². The minimum Gasteiger partial charge on any atom is -0.383 e. The number of nitrogens with two attached hydrogens (primary N) is 1. The monoisotopic (exact) mass is 265 g/mol. The quantitative estimate of drug-likeness (QED) is 0.863. The third-order valence-electron chi connectivity index (χ3n) is 3.88. The topological polar surface area (TPSA) is 43.8 Å². The minimum absolute atomic E-state index is 0.480. The predicted molar refractivity (Wildman–Crippen MR) is 82.3 cm³/mol. The van der Waals surface area contributed by atoms with E-state index in [1.165, 1.54) is 18.4 Å². The van der Waals surface area contributed by atoms with Crippen LogP contribution in [0.1, 0.15) is 37.1 Å². The van der Waals surface area contributed by atoms with Gasteiger partial charge in [-0.15, -0.1) is 6.42 Å². The molecule has 1 fully saturated rings. The van der Waals surface area contributed by atoms with E-state index in [2.05, 4.69) is 31.0 Å². The van der Waals surface area contributed by atoms with Gasteiger partial charge in [-0.25, -0.2) is 4.98 Å². The zero-order valence-corrected chi connectivity index (χ0v) is 11.8. The van der Waals surface area contributed by atoms with Gasteiger partial charge in [0, 0.05) is 12.0 Å². The second-order valence-electron chi connectivity index (χ2n) is 5.27. The zero-order chi connectivity index (χ0) is 14.1. The molecule has 0 amide bonds. The van der Waals surface area contributed by atoms with Crippen LogP contribution >= 0.6 is 0 Å². The number of nitrogens with zero attached hydrogens (tertiary/aromatic N) is 2. The van der Waals surface area contributed by atoms with Gasteiger partial charge in [0.1, 0.15) is 17.3 Å². The molecule has 3 rings (SSSR count). The summed E-state index contributed by atoms with van der Waals surface area (Å²) in [5, 5.41) is 0. The molecule has 20 heavy (non-hydrogen) atoms. The third-order valence-corrected chi connectivity index (χ3v) is 3.88. The Labute approximate surface area is 119 Å². The van der Waals surface area contributed by atoms with E-state index >= 15 is 0 Å². The molecule has 0 bridgehead atoms. The van der Waals surface area contributed by atoms with E-state index in [0.717, 1.165) is 23.5 Å². The summed E-state index contributed by atoms with van der Waals surface area (Å²) < 4.78 is 1.94. The maximum atomic E-state index is 6.29. The van der Waals surface area contributed by atoms with Crippen LogP contribution in [0, 0.1) is 12.3 Å². The maximum absolute atomic E-state index is 6.29. The van der Waals surface area contributed by atoms with Crippen molar-refractivity contribution in [2.75, 3.05) is 5.73 Å². The first kappa shape index (κ1) is 12.8. The Morgan fingerprint density at radius 2 is 2.15 bits per heavy atom. The smallest absolute Gasteiger partial charge is 0.132 e. The number of benzene rings is 1. The Balaban J connectivity index is 2.13. The van der Waals surface area contributed by atoms with Crippen LogP contribution in [0.15, 0.2) is 24.3 Å². The zero-order valence-electron chi connectivity index (χ0n) is 11.8. The van der Waals surface area contributed by atoms with Crippen LogP contribution in [0.5, 0.6) is 0 Å². The Kier molecular flexibility index (Phi) is 3.23. The number of aryl methyl sites for hydroxylation is 1. The Bertz CT molecular complexity index is 672. The number of nitrogen functional groups attached to an aromatic ring is 1. The lowest BCUT2D eigenvalue weighted by Gasteiger charge is -2.07. The Morgan fingerprint density at radius 1 is 1.40 bits per heavy atom. The van der Waals surface area contributed by atoms with E-state index in [0.29, 0.717) is 18.3 Å². The molecule has 0 saturated heterocycles. The molecule has 0 atom stereocenters. The molecule has 2 aromatic rings. The van der Waals surface area contributed by atoms with Crippen molar-refractivity contribution in [3.63, 3.8) is 0 Å². The highest BCUT2D eigenvalue weighted by molar-refractivity contribution is 5.74. The number of imidazole rings is 1. The second kappa shape index (κ2) is 5.05. The van der Waals surface area contributed by atoms with Gasteiger partial charge in [-0.05, 0) is 24.3 Å². The molecule has 0 aliphatic heterocycles. The highest BCUT2D eigenvalue weighted by Crippen LogP contribution is 2.45. The first-order valence-corrected chi connectivity index (χ1v) is 7.13. The standard InChI is InChI=1S/C17H19N3/c1-3-11-20-15(4-2)19-16(17(20)18)14-8-6-5-7-13(14)12-9-10-12/h1,5-8,12H,4,9-11,18H2,2H3. The van der Waals surface area contributed by atoms with Crippen LogP contribution in [0.4, 0.5) is 5.82 Å². The molecule has 1 aliphatic rings. The van der Waals surface area contributed by atoms with Crippen LogP contribution < -0.4 is 5.73 Å². The number of hydrogen-bond acceptors (Lipinski definition) is 2. The fraction of sp³-hybridized carbons (Fsp3) is 0.353. The van der Waals surface area contributed by atoms with Gasteiger partial charge in [-0.3, -0.25) is 0 Å². The Morgan fingerprint density at radius 3 is 2.80 bits per heavy atom. The number of anilines is 1. The van der Waals surface area contributed by atoms with Gasteiger partial charge in [0.2, 0.25) is 0 Å². The summed E-state index contributed by atoms with van der Waals surface area (Å²) in [7, 11) is 0. The summed E-state index contributed by atoms with van der Waals surface area (Å²) in [6.45, 7) is 2.55. The molecule has 0 radical (unpaired) electrons. The molecule has 3 nitrogen and oxygen atoms in total. The first-order valence-electron chi connectivity index (χ1n) is 7.13. The lowest BCUT2D eigenvalue weighted by molar-refractivity contribution is 0.769. The van der Waals surface area contributed by atoms with E-state index in [9.17, 15) is 0 Å². The number of aromatic nitrogens is 2. The van der Waals surface area contributed by atoms with Gasteiger partial charge in [-0.1, -0.05) is 37.1 Å². The molecule has 1 aromatic carbocycles. The molecule has 0 spiro atoms. The van der Waals surface area contributed by atoms with Crippen molar-refractivity contribution < 1.29 is 0 Å². The first-order chi connectivity index (χ1) is 9.76. The van der Waals surface area contributed by atoms with Crippen molar-refractivity contribution in [1.29, 1.82) is 0 Å². The van der Waals surface area contributed by atoms with Gasteiger partial charge in [0.15, 0.2) is 0 Å². The van der Waals surface area contributed by atoms with E-state index in [1.54, 1.807) is 0 Å². The van der Waals surface area contributed by atoms with E-state index in [1.807, 2.05) is 10.6 Å². The van der Waals surface area contributed by atoms with Gasteiger partial charge < -0.3 is 10.3 Å². The molecular formula is C17H19N3.